The van der Waals surface area contributed by atoms with Crippen LogP contribution >= 0.6 is 0 Å². The predicted molar refractivity (Wildman–Crippen MR) is 72.3 cm³/mol. The molecule has 98 valence electrons. The third-order valence-electron chi connectivity index (χ3n) is 2.88. The molecular weight excluding hydrogens is 242 g/mol. The summed E-state index contributed by atoms with van der Waals surface area (Å²) in [5.74, 6) is -0.509. The lowest BCUT2D eigenvalue weighted by Gasteiger charge is -2.11. The van der Waals surface area contributed by atoms with E-state index in [9.17, 15) is 9.59 Å². The number of rotatable bonds is 3. The fourth-order valence-electron chi connectivity index (χ4n) is 1.82. The minimum Gasteiger partial charge on any atom is -0.464 e. The summed E-state index contributed by atoms with van der Waals surface area (Å²) in [4.78, 5) is 23.0. The smallest absolute Gasteiger partial charge is 0.354 e. The molecule has 0 aliphatic heterocycles. The maximum absolute atomic E-state index is 11.6. The van der Waals surface area contributed by atoms with Gasteiger partial charge < -0.3 is 9.30 Å². The van der Waals surface area contributed by atoms with Crippen LogP contribution < -0.4 is 5.43 Å². The molecule has 0 N–H and O–H groups in total. The first-order chi connectivity index (χ1) is 9.10. The average Bonchev–Trinajstić information content (AvgIpc) is 2.42. The first kappa shape index (κ1) is 13.1. The van der Waals surface area contributed by atoms with Crippen molar-refractivity contribution in [3.8, 4) is 0 Å². The van der Waals surface area contributed by atoms with Crippen LogP contribution in [0.1, 0.15) is 21.6 Å². The Morgan fingerprint density at radius 1 is 1.21 bits per heavy atom. The summed E-state index contributed by atoms with van der Waals surface area (Å²) in [5.41, 5.74) is 2.28. The SMILES string of the molecule is COC(=O)c1cc(=O)ccn1Cc1ccc(C)cc1. The molecule has 19 heavy (non-hydrogen) atoms. The maximum atomic E-state index is 11.6. The number of esters is 1. The number of aromatic nitrogens is 1. The standard InChI is InChI=1S/C15H15NO3/c1-11-3-5-12(6-4-11)10-16-8-7-13(17)9-14(16)15(18)19-2/h3-9H,10H2,1-2H3. The van der Waals surface area contributed by atoms with Crippen molar-refractivity contribution in [1.82, 2.24) is 4.57 Å². The van der Waals surface area contributed by atoms with Crippen molar-refractivity contribution >= 4 is 5.97 Å². The van der Waals surface area contributed by atoms with E-state index in [0.29, 0.717) is 6.54 Å². The highest BCUT2D eigenvalue weighted by atomic mass is 16.5. The Hall–Kier alpha value is -2.36. The van der Waals surface area contributed by atoms with Crippen LogP contribution in [0, 0.1) is 6.92 Å². The second kappa shape index (κ2) is 5.52. The number of hydrogen-bond acceptors (Lipinski definition) is 3. The highest BCUT2D eigenvalue weighted by molar-refractivity contribution is 5.87. The van der Waals surface area contributed by atoms with E-state index in [1.165, 1.54) is 24.8 Å². The van der Waals surface area contributed by atoms with E-state index >= 15 is 0 Å². The van der Waals surface area contributed by atoms with Gasteiger partial charge in [-0.25, -0.2) is 4.79 Å². The number of pyridine rings is 1. The van der Waals surface area contributed by atoms with Gasteiger partial charge in [-0.1, -0.05) is 29.8 Å². The molecule has 1 aromatic carbocycles. The number of ether oxygens (including phenoxy) is 1. The molecule has 0 aliphatic rings. The molecule has 0 saturated heterocycles. The molecule has 0 saturated carbocycles. The molecule has 0 bridgehead atoms. The largest absolute Gasteiger partial charge is 0.464 e. The van der Waals surface area contributed by atoms with Gasteiger partial charge in [0, 0.05) is 24.9 Å². The molecule has 0 amide bonds. The van der Waals surface area contributed by atoms with Crippen LogP contribution in [0.4, 0.5) is 0 Å². The molecule has 0 aliphatic carbocycles. The highest BCUT2D eigenvalue weighted by Gasteiger charge is 2.11. The quantitative estimate of drug-likeness (QED) is 0.790. The van der Waals surface area contributed by atoms with Crippen molar-refractivity contribution < 1.29 is 9.53 Å². The summed E-state index contributed by atoms with van der Waals surface area (Å²) in [6.45, 7) is 2.54. The van der Waals surface area contributed by atoms with Crippen molar-refractivity contribution in [2.24, 2.45) is 0 Å². The maximum Gasteiger partial charge on any atom is 0.354 e. The van der Waals surface area contributed by atoms with Gasteiger partial charge in [-0.2, -0.15) is 0 Å². The first-order valence-corrected chi connectivity index (χ1v) is 5.94. The molecule has 0 fully saturated rings. The Morgan fingerprint density at radius 2 is 1.89 bits per heavy atom. The van der Waals surface area contributed by atoms with Gasteiger partial charge in [0.2, 0.25) is 0 Å². The number of methoxy groups -OCH3 is 1. The summed E-state index contributed by atoms with van der Waals surface area (Å²) in [5, 5.41) is 0. The lowest BCUT2D eigenvalue weighted by Crippen LogP contribution is -2.17. The minimum absolute atomic E-state index is 0.208. The molecule has 0 atom stereocenters. The lowest BCUT2D eigenvalue weighted by molar-refractivity contribution is 0.0588. The number of carbonyl (C=O) groups is 1. The fraction of sp³-hybridized carbons (Fsp3) is 0.200. The van der Waals surface area contributed by atoms with Crippen LogP contribution in [-0.4, -0.2) is 17.6 Å². The second-order valence-corrected chi connectivity index (χ2v) is 4.35. The van der Waals surface area contributed by atoms with Crippen LogP contribution in [0.5, 0.6) is 0 Å². The Morgan fingerprint density at radius 3 is 2.53 bits per heavy atom. The first-order valence-electron chi connectivity index (χ1n) is 5.94. The second-order valence-electron chi connectivity index (χ2n) is 4.35. The zero-order chi connectivity index (χ0) is 13.8. The van der Waals surface area contributed by atoms with Gasteiger partial charge in [-0.15, -0.1) is 0 Å². The van der Waals surface area contributed by atoms with Gasteiger partial charge in [0.1, 0.15) is 5.69 Å². The van der Waals surface area contributed by atoms with Crippen molar-refractivity contribution in [2.45, 2.75) is 13.5 Å². The van der Waals surface area contributed by atoms with Gasteiger partial charge in [0.15, 0.2) is 5.43 Å². The van der Waals surface area contributed by atoms with Gasteiger partial charge in [-0.3, -0.25) is 4.79 Å². The van der Waals surface area contributed by atoms with Gasteiger partial charge in [0.05, 0.1) is 7.11 Å². The Balaban J connectivity index is 2.36. The van der Waals surface area contributed by atoms with E-state index in [1.807, 2.05) is 31.2 Å². The van der Waals surface area contributed by atoms with Gasteiger partial charge in [0.25, 0.3) is 0 Å². The fourth-order valence-corrected chi connectivity index (χ4v) is 1.82. The number of carbonyl (C=O) groups excluding carboxylic acids is 1. The number of nitrogens with zero attached hydrogens (tertiary/aromatic N) is 1. The zero-order valence-electron chi connectivity index (χ0n) is 10.9. The third kappa shape index (κ3) is 3.10. The van der Waals surface area contributed by atoms with E-state index in [4.69, 9.17) is 4.74 Å². The molecular formula is C15H15NO3. The molecule has 0 unspecified atom stereocenters. The van der Waals surface area contributed by atoms with E-state index in [0.717, 1.165) is 5.56 Å². The van der Waals surface area contributed by atoms with Crippen LogP contribution in [0.3, 0.4) is 0 Å². The lowest BCUT2D eigenvalue weighted by atomic mass is 10.1. The van der Waals surface area contributed by atoms with E-state index in [2.05, 4.69) is 0 Å². The Bertz CT molecular complexity index is 641. The Kier molecular flexibility index (Phi) is 3.80. The van der Waals surface area contributed by atoms with Crippen LogP contribution in [-0.2, 0) is 11.3 Å². The molecule has 2 rings (SSSR count). The Labute approximate surface area is 111 Å². The number of aryl methyl sites for hydroxylation is 1. The van der Waals surface area contributed by atoms with Crippen molar-refractivity contribution in [3.63, 3.8) is 0 Å². The van der Waals surface area contributed by atoms with Crippen LogP contribution in [0.25, 0.3) is 0 Å². The summed E-state index contributed by atoms with van der Waals surface area (Å²) in [7, 11) is 1.30. The van der Waals surface area contributed by atoms with Gasteiger partial charge >= 0.3 is 5.97 Å². The third-order valence-corrected chi connectivity index (χ3v) is 2.88. The zero-order valence-corrected chi connectivity index (χ0v) is 10.9. The van der Waals surface area contributed by atoms with Crippen molar-refractivity contribution in [3.05, 3.63) is 69.6 Å². The monoisotopic (exact) mass is 257 g/mol. The number of hydrogen-bond donors (Lipinski definition) is 0. The van der Waals surface area contributed by atoms with Crippen molar-refractivity contribution in [1.29, 1.82) is 0 Å². The van der Waals surface area contributed by atoms with E-state index in [-0.39, 0.29) is 11.1 Å². The topological polar surface area (TPSA) is 48.3 Å². The molecule has 4 heteroatoms. The van der Waals surface area contributed by atoms with E-state index in [1.54, 1.807) is 10.8 Å². The van der Waals surface area contributed by atoms with Crippen LogP contribution in [0.2, 0.25) is 0 Å². The highest BCUT2D eigenvalue weighted by Crippen LogP contribution is 2.08. The summed E-state index contributed by atoms with van der Waals surface area (Å²) in [6, 6.07) is 10.7. The average molecular weight is 257 g/mol. The normalized spacial score (nSPS) is 10.2. The minimum atomic E-state index is -0.509. The summed E-state index contributed by atoms with van der Waals surface area (Å²) < 4.78 is 6.40. The van der Waals surface area contributed by atoms with Crippen LogP contribution in [0.15, 0.2) is 47.4 Å². The molecule has 4 nitrogen and oxygen atoms in total. The predicted octanol–water partition coefficient (Wildman–Crippen LogP) is 1.99. The molecule has 0 radical (unpaired) electrons. The van der Waals surface area contributed by atoms with E-state index < -0.39 is 5.97 Å². The van der Waals surface area contributed by atoms with Gasteiger partial charge in [-0.05, 0) is 12.5 Å². The summed E-state index contributed by atoms with van der Waals surface area (Å²) in [6.07, 6.45) is 1.61. The summed E-state index contributed by atoms with van der Waals surface area (Å²) >= 11 is 0. The molecule has 0 spiro atoms. The molecule has 1 aromatic heterocycles. The number of benzene rings is 1. The van der Waals surface area contributed by atoms with Crippen molar-refractivity contribution in [2.75, 3.05) is 7.11 Å². The molecule has 2 aromatic rings. The molecule has 1 heterocycles.